The summed E-state index contributed by atoms with van der Waals surface area (Å²) < 4.78 is 10.2. The van der Waals surface area contributed by atoms with Crippen LogP contribution in [0.1, 0.15) is 37.7 Å². The average Bonchev–Trinajstić information content (AvgIpc) is 2.64. The maximum atomic E-state index is 5.09. The molecular weight excluding hydrogens is 170 g/mol. The van der Waals surface area contributed by atoms with Crippen LogP contribution < -0.4 is 0 Å². The molecule has 0 aromatic carbocycles. The minimum absolute atomic E-state index is 0.0645. The largest absolute Gasteiger partial charge is 0.374 e. The van der Waals surface area contributed by atoms with Gasteiger partial charge in [-0.1, -0.05) is 0 Å². The van der Waals surface area contributed by atoms with Crippen LogP contribution in [0.5, 0.6) is 0 Å². The first-order chi connectivity index (χ1) is 6.19. The Hall–Kier alpha value is -0.940. The Kier molecular flexibility index (Phi) is 3.39. The summed E-state index contributed by atoms with van der Waals surface area (Å²) in [5.74, 6) is 1.38. The molecule has 0 spiro atoms. The molecule has 1 aromatic heterocycles. The van der Waals surface area contributed by atoms with Gasteiger partial charge < -0.3 is 9.47 Å². The Balaban J connectivity index is 2.74. The van der Waals surface area contributed by atoms with E-state index in [-0.39, 0.29) is 12.2 Å². The summed E-state index contributed by atoms with van der Waals surface area (Å²) in [6, 6.07) is 0. The highest BCUT2D eigenvalue weighted by Gasteiger charge is 2.13. The second kappa shape index (κ2) is 4.34. The fraction of sp³-hybridized carbons (Fsp3) is 0.750. The third-order valence-electron chi connectivity index (χ3n) is 1.98. The van der Waals surface area contributed by atoms with E-state index >= 15 is 0 Å². The second-order valence-electron chi connectivity index (χ2n) is 2.83. The third kappa shape index (κ3) is 2.26. The number of ether oxygens (including phenoxy) is 2. The highest BCUT2D eigenvalue weighted by molar-refractivity contribution is 4.95. The van der Waals surface area contributed by atoms with Gasteiger partial charge in [0, 0.05) is 14.2 Å². The predicted octanol–water partition coefficient (Wildman–Crippen LogP) is 1.22. The summed E-state index contributed by atoms with van der Waals surface area (Å²) in [4.78, 5) is 4.24. The van der Waals surface area contributed by atoms with E-state index in [1.807, 2.05) is 13.8 Å². The molecule has 2 unspecified atom stereocenters. The topological polar surface area (TPSA) is 60.0 Å². The molecule has 0 radical (unpaired) electrons. The molecule has 0 bridgehead atoms. The van der Waals surface area contributed by atoms with E-state index in [1.54, 1.807) is 14.2 Å². The zero-order valence-corrected chi connectivity index (χ0v) is 8.37. The van der Waals surface area contributed by atoms with Gasteiger partial charge in [0.15, 0.2) is 11.6 Å². The van der Waals surface area contributed by atoms with Crippen molar-refractivity contribution < 1.29 is 9.47 Å². The van der Waals surface area contributed by atoms with Gasteiger partial charge in [-0.2, -0.15) is 5.10 Å². The van der Waals surface area contributed by atoms with Crippen molar-refractivity contribution in [3.63, 3.8) is 0 Å². The van der Waals surface area contributed by atoms with Gasteiger partial charge in [-0.3, -0.25) is 5.10 Å². The van der Waals surface area contributed by atoms with Crippen molar-refractivity contribution in [2.24, 2.45) is 0 Å². The van der Waals surface area contributed by atoms with Crippen LogP contribution in [0.25, 0.3) is 0 Å². The fourth-order valence-corrected chi connectivity index (χ4v) is 0.869. The molecule has 0 amide bonds. The molecule has 0 aliphatic rings. The maximum Gasteiger partial charge on any atom is 0.179 e. The fourth-order valence-electron chi connectivity index (χ4n) is 0.869. The number of H-pyrrole nitrogens is 1. The van der Waals surface area contributed by atoms with Gasteiger partial charge >= 0.3 is 0 Å². The minimum atomic E-state index is -0.0888. The Labute approximate surface area is 77.5 Å². The molecule has 5 nitrogen and oxygen atoms in total. The summed E-state index contributed by atoms with van der Waals surface area (Å²) in [6.45, 7) is 3.80. The molecule has 74 valence electrons. The van der Waals surface area contributed by atoms with E-state index in [0.717, 1.165) is 5.82 Å². The van der Waals surface area contributed by atoms with Gasteiger partial charge in [-0.15, -0.1) is 0 Å². The second-order valence-corrected chi connectivity index (χ2v) is 2.83. The summed E-state index contributed by atoms with van der Waals surface area (Å²) in [5, 5.41) is 6.82. The standard InChI is InChI=1S/C8H15N3O2/c1-5(12-3)7-9-8(11-10-7)6(2)13-4/h5-6H,1-4H3,(H,9,10,11). The Morgan fingerprint density at radius 1 is 1.15 bits per heavy atom. The average molecular weight is 185 g/mol. The molecular formula is C8H15N3O2. The van der Waals surface area contributed by atoms with Crippen LogP contribution in [0.3, 0.4) is 0 Å². The molecule has 1 rings (SSSR count). The number of rotatable bonds is 4. The summed E-state index contributed by atoms with van der Waals surface area (Å²) in [5.41, 5.74) is 0. The van der Waals surface area contributed by atoms with Gasteiger partial charge in [0.2, 0.25) is 0 Å². The highest BCUT2D eigenvalue weighted by Crippen LogP contribution is 2.14. The Morgan fingerprint density at radius 3 is 2.31 bits per heavy atom. The van der Waals surface area contributed by atoms with Crippen molar-refractivity contribution in [3.05, 3.63) is 11.6 Å². The Bertz CT molecular complexity index is 237. The molecule has 1 N–H and O–H groups in total. The highest BCUT2D eigenvalue weighted by atomic mass is 16.5. The summed E-state index contributed by atoms with van der Waals surface area (Å²) in [6.07, 6.45) is -0.153. The molecule has 13 heavy (non-hydrogen) atoms. The van der Waals surface area contributed by atoms with Crippen molar-refractivity contribution in [1.82, 2.24) is 15.2 Å². The van der Waals surface area contributed by atoms with Crippen molar-refractivity contribution in [3.8, 4) is 0 Å². The number of hydrogen-bond donors (Lipinski definition) is 1. The number of aromatic amines is 1. The lowest BCUT2D eigenvalue weighted by Gasteiger charge is -2.04. The van der Waals surface area contributed by atoms with Crippen LogP contribution >= 0.6 is 0 Å². The first-order valence-corrected chi connectivity index (χ1v) is 4.16. The monoisotopic (exact) mass is 185 g/mol. The number of aromatic nitrogens is 3. The summed E-state index contributed by atoms with van der Waals surface area (Å²) in [7, 11) is 3.26. The van der Waals surface area contributed by atoms with E-state index in [4.69, 9.17) is 9.47 Å². The number of hydrogen-bond acceptors (Lipinski definition) is 4. The van der Waals surface area contributed by atoms with Crippen LogP contribution in [0.2, 0.25) is 0 Å². The van der Waals surface area contributed by atoms with Gasteiger partial charge in [0.05, 0.1) is 0 Å². The lowest BCUT2D eigenvalue weighted by molar-refractivity contribution is 0.107. The van der Waals surface area contributed by atoms with Gasteiger partial charge in [-0.05, 0) is 13.8 Å². The summed E-state index contributed by atoms with van der Waals surface area (Å²) >= 11 is 0. The number of nitrogens with zero attached hydrogens (tertiary/aromatic N) is 2. The van der Waals surface area contributed by atoms with E-state index in [1.165, 1.54) is 0 Å². The van der Waals surface area contributed by atoms with Crippen molar-refractivity contribution >= 4 is 0 Å². The molecule has 0 fully saturated rings. The first-order valence-electron chi connectivity index (χ1n) is 4.16. The normalized spacial score (nSPS) is 15.7. The molecule has 1 heterocycles. The van der Waals surface area contributed by atoms with Crippen LogP contribution in [0.15, 0.2) is 0 Å². The van der Waals surface area contributed by atoms with Crippen LogP contribution in [-0.4, -0.2) is 29.4 Å². The van der Waals surface area contributed by atoms with E-state index in [9.17, 15) is 0 Å². The van der Waals surface area contributed by atoms with Gasteiger partial charge in [0.25, 0.3) is 0 Å². The molecule has 2 atom stereocenters. The zero-order chi connectivity index (χ0) is 9.84. The molecule has 0 aliphatic heterocycles. The third-order valence-corrected chi connectivity index (χ3v) is 1.98. The maximum absolute atomic E-state index is 5.09. The van der Waals surface area contributed by atoms with Crippen molar-refractivity contribution in [1.29, 1.82) is 0 Å². The van der Waals surface area contributed by atoms with Crippen LogP contribution in [0.4, 0.5) is 0 Å². The zero-order valence-electron chi connectivity index (χ0n) is 8.37. The molecule has 0 saturated carbocycles. The van der Waals surface area contributed by atoms with Crippen LogP contribution in [0, 0.1) is 0 Å². The number of nitrogens with one attached hydrogen (secondary N) is 1. The van der Waals surface area contributed by atoms with Gasteiger partial charge in [0.1, 0.15) is 12.2 Å². The Morgan fingerprint density at radius 2 is 1.77 bits per heavy atom. The smallest absolute Gasteiger partial charge is 0.179 e. The van der Waals surface area contributed by atoms with E-state index in [0.29, 0.717) is 5.82 Å². The minimum Gasteiger partial charge on any atom is -0.374 e. The quantitative estimate of drug-likeness (QED) is 0.766. The van der Waals surface area contributed by atoms with Crippen molar-refractivity contribution in [2.45, 2.75) is 26.1 Å². The van der Waals surface area contributed by atoms with Gasteiger partial charge in [-0.25, -0.2) is 4.98 Å². The lowest BCUT2D eigenvalue weighted by atomic mass is 10.3. The van der Waals surface area contributed by atoms with E-state index in [2.05, 4.69) is 15.2 Å². The van der Waals surface area contributed by atoms with E-state index < -0.39 is 0 Å². The molecule has 5 heteroatoms. The first kappa shape index (κ1) is 10.1. The number of methoxy groups -OCH3 is 2. The predicted molar refractivity (Wildman–Crippen MR) is 47.2 cm³/mol. The molecule has 1 aromatic rings. The lowest BCUT2D eigenvalue weighted by Crippen LogP contribution is -2.00. The molecule has 0 aliphatic carbocycles. The van der Waals surface area contributed by atoms with Crippen molar-refractivity contribution in [2.75, 3.05) is 14.2 Å². The molecule has 0 saturated heterocycles. The van der Waals surface area contributed by atoms with Crippen LogP contribution in [-0.2, 0) is 9.47 Å². The SMILES string of the molecule is COC(C)c1n[nH]c(C(C)OC)n1.